The van der Waals surface area contributed by atoms with Crippen molar-refractivity contribution in [1.29, 1.82) is 0 Å². The van der Waals surface area contributed by atoms with E-state index in [1.54, 1.807) is 0 Å². The number of nitrogens with zero attached hydrogens (tertiary/aromatic N) is 1. The Morgan fingerprint density at radius 3 is 2.00 bits per heavy atom. The van der Waals surface area contributed by atoms with Crippen molar-refractivity contribution >= 4 is 36.7 Å². The Bertz CT molecular complexity index is 1070. The normalized spacial score (nSPS) is 25.3. The number of benzene rings is 1. The molecule has 0 radical (unpaired) electrons. The molecule has 2 rings (SSSR count). The van der Waals surface area contributed by atoms with Gasteiger partial charge in [-0.3, -0.25) is 10.1 Å². The number of esters is 1. The fourth-order valence-electron chi connectivity index (χ4n) is 3.17. The summed E-state index contributed by atoms with van der Waals surface area (Å²) in [5.74, 6) is -1.09. The number of carbonyl (C=O) groups excluding carboxylic acids is 5. The number of nitro benzene ring substituents is 1. The van der Waals surface area contributed by atoms with Crippen LogP contribution in [-0.2, 0) is 47.6 Å². The first-order valence-electron chi connectivity index (χ1n) is 11.9. The van der Waals surface area contributed by atoms with E-state index in [2.05, 4.69) is 0 Å². The third kappa shape index (κ3) is 8.08. The van der Waals surface area contributed by atoms with E-state index < -0.39 is 99.7 Å². The van der Waals surface area contributed by atoms with Crippen LogP contribution in [0, 0.1) is 10.1 Å². The van der Waals surface area contributed by atoms with Crippen LogP contribution >= 0.6 is 0 Å². The quantitative estimate of drug-likeness (QED) is 0.122. The van der Waals surface area contributed by atoms with Crippen LogP contribution in [-0.4, -0.2) is 99.7 Å². The molecule has 0 saturated carbocycles. The van der Waals surface area contributed by atoms with Crippen molar-refractivity contribution in [1.82, 2.24) is 0 Å². The largest absolute Gasteiger partial charge is 0.429 e. The zero-order valence-electron chi connectivity index (χ0n) is 22.0. The Kier molecular flexibility index (Phi) is 9.30. The summed E-state index contributed by atoms with van der Waals surface area (Å²) in [5.41, 5.74) is -0.474. The smallest absolute Gasteiger partial charge is 0.340 e. The Balaban J connectivity index is 2.42. The molecule has 0 spiro atoms. The summed E-state index contributed by atoms with van der Waals surface area (Å²) in [6.45, 7) is -3.79. The molecule has 1 aromatic carbocycles. The minimum atomic E-state index is -1.77. The molecule has 14 nitrogen and oxygen atoms in total. The van der Waals surface area contributed by atoms with Crippen molar-refractivity contribution in [2.75, 3.05) is 33.0 Å². The van der Waals surface area contributed by atoms with Crippen LogP contribution in [0.5, 0.6) is 0 Å². The summed E-state index contributed by atoms with van der Waals surface area (Å²) < 4.78 is 60.6. The Morgan fingerprint density at radius 1 is 0.914 bits per heavy atom. The van der Waals surface area contributed by atoms with Gasteiger partial charge in [-0.25, -0.2) is 4.79 Å². The fraction of sp³-hybridized carbons (Fsp3) is 0.476. The maximum absolute atomic E-state index is 12.8. The van der Waals surface area contributed by atoms with E-state index in [-0.39, 0.29) is 11.3 Å². The molecule has 0 aliphatic carbocycles. The van der Waals surface area contributed by atoms with Crippen LogP contribution in [0.25, 0.3) is 0 Å². The van der Waals surface area contributed by atoms with Gasteiger partial charge in [0.05, 0.1) is 17.1 Å². The zero-order chi connectivity index (χ0) is 29.1. The number of hydrogen-bond acceptors (Lipinski definition) is 13. The summed E-state index contributed by atoms with van der Waals surface area (Å²) in [6.07, 6.45) is -12.4. The van der Waals surface area contributed by atoms with Crippen LogP contribution in [0.4, 0.5) is 5.69 Å². The number of non-ortho nitro benzene ring substituents is 1. The minimum Gasteiger partial charge on any atom is -0.429 e. The van der Waals surface area contributed by atoms with Crippen molar-refractivity contribution in [2.45, 2.75) is 30.7 Å². The lowest BCUT2D eigenvalue weighted by Crippen LogP contribution is -2.62. The van der Waals surface area contributed by atoms with Gasteiger partial charge >= 0.3 is 5.97 Å². The van der Waals surface area contributed by atoms with E-state index in [1.807, 2.05) is 0 Å². The first-order chi connectivity index (χ1) is 18.4. The predicted molar refractivity (Wildman–Crippen MR) is 111 cm³/mol. The fourth-order valence-corrected chi connectivity index (χ4v) is 3.17. The van der Waals surface area contributed by atoms with Gasteiger partial charge < -0.3 is 47.6 Å². The molecular formula is C21H23NO13. The van der Waals surface area contributed by atoms with Gasteiger partial charge in [-0.2, -0.15) is 0 Å². The topological polar surface area (TPSA) is 184 Å². The second kappa shape index (κ2) is 14.7. The molecule has 1 unspecified atom stereocenters. The van der Waals surface area contributed by atoms with E-state index in [1.165, 1.54) is 0 Å². The third-order valence-electron chi connectivity index (χ3n) is 4.58. The van der Waals surface area contributed by atoms with Gasteiger partial charge in [-0.1, -0.05) is 0 Å². The molecule has 0 bridgehead atoms. The summed E-state index contributed by atoms with van der Waals surface area (Å²) in [6, 6.07) is 4.25. The lowest BCUT2D eigenvalue weighted by atomic mass is 9.98. The molecule has 0 N–H and O–H groups in total. The van der Waals surface area contributed by atoms with Gasteiger partial charge in [0.15, 0.2) is 0 Å². The van der Waals surface area contributed by atoms with Crippen molar-refractivity contribution in [3.8, 4) is 0 Å². The number of hydrogen-bond donors (Lipinski definition) is 0. The van der Waals surface area contributed by atoms with Crippen molar-refractivity contribution in [3.63, 3.8) is 0 Å². The molecule has 1 heterocycles. The van der Waals surface area contributed by atoms with E-state index in [0.29, 0.717) is 0 Å². The summed E-state index contributed by atoms with van der Waals surface area (Å²) >= 11 is 0. The van der Waals surface area contributed by atoms with Crippen molar-refractivity contribution in [2.24, 2.45) is 0 Å². The van der Waals surface area contributed by atoms with E-state index in [0.717, 1.165) is 24.3 Å². The monoisotopic (exact) mass is 501 g/mol. The molecule has 14 heteroatoms. The molecule has 5 atom stereocenters. The number of nitro groups is 1. The molecule has 1 fully saturated rings. The van der Waals surface area contributed by atoms with Gasteiger partial charge in [0, 0.05) is 12.1 Å². The van der Waals surface area contributed by atoms with Gasteiger partial charge in [0.2, 0.25) is 6.29 Å². The highest BCUT2D eigenvalue weighted by molar-refractivity contribution is 5.89. The number of aldehydes is 4. The molecule has 0 amide bonds. The lowest BCUT2D eigenvalue weighted by molar-refractivity contribution is -0.384. The minimum absolute atomic E-state index is 0.163. The zero-order valence-corrected chi connectivity index (χ0v) is 18.0. The first-order valence-corrected chi connectivity index (χ1v) is 9.90. The maximum atomic E-state index is 12.8. The van der Waals surface area contributed by atoms with Gasteiger partial charge in [0.1, 0.15) is 81.4 Å². The maximum Gasteiger partial charge on any atom is 0.340 e. The van der Waals surface area contributed by atoms with Crippen molar-refractivity contribution < 1.29 is 62.8 Å². The van der Waals surface area contributed by atoms with Gasteiger partial charge in [-0.15, -0.1) is 0 Å². The molecule has 1 saturated heterocycles. The van der Waals surface area contributed by atoms with Crippen LogP contribution < -0.4 is 0 Å². The molecule has 1 aliphatic heterocycles. The Morgan fingerprint density at radius 2 is 1.46 bits per heavy atom. The third-order valence-corrected chi connectivity index (χ3v) is 4.58. The summed E-state index contributed by atoms with van der Waals surface area (Å²) in [5, 5.41) is 10.9. The van der Waals surface area contributed by atoms with E-state index in [9.17, 15) is 34.1 Å². The number of rotatable bonds is 16. The van der Waals surface area contributed by atoms with E-state index >= 15 is 0 Å². The van der Waals surface area contributed by atoms with Crippen LogP contribution in [0.3, 0.4) is 0 Å². The molecule has 0 aromatic heterocycles. The average Bonchev–Trinajstić information content (AvgIpc) is 2.85. The van der Waals surface area contributed by atoms with Gasteiger partial charge in [0.25, 0.3) is 5.69 Å². The van der Waals surface area contributed by atoms with Crippen LogP contribution in [0.2, 0.25) is 0 Å². The molecule has 190 valence electrons. The van der Waals surface area contributed by atoms with Crippen LogP contribution in [0.1, 0.15) is 15.8 Å². The molecular weight excluding hydrogens is 474 g/mol. The SMILES string of the molecule is [2H]C(=O)COC[C@H]1OC(OC(=O)c2ccc([N+](=O)[O-])cc2)[C@H](OCC([2H])=O)[C@@H](OCC([2H])=O)[C@@H]1OCC([2H])=O. The highest BCUT2D eigenvalue weighted by atomic mass is 16.7. The summed E-state index contributed by atoms with van der Waals surface area (Å²) in [7, 11) is 0. The summed E-state index contributed by atoms with van der Waals surface area (Å²) in [4.78, 5) is 67.9. The highest BCUT2D eigenvalue weighted by Gasteiger charge is 2.50. The second-order valence-corrected chi connectivity index (χ2v) is 6.67. The number of carbonyl (C=O) groups is 5. The predicted octanol–water partition coefficient (Wildman–Crippen LogP) is -0.556. The van der Waals surface area contributed by atoms with Gasteiger partial charge in [-0.05, 0) is 12.1 Å². The standard InChI is InChI=1S/C21H23NO13/c23-5-9-30-13-16-17(31-10-6-24)18(32-11-7-25)19(33-12-8-26)21(34-16)35-20(27)14-1-3-15(4-2-14)22(28)29/h1-8,16-19,21H,9-13H2/t16-,17-,18+,19-,21?/m1/s1/i5D,6D,7D,8D. The first kappa shape index (κ1) is 22.1. The Labute approximate surface area is 204 Å². The lowest BCUT2D eigenvalue weighted by Gasteiger charge is -2.44. The molecule has 35 heavy (non-hydrogen) atoms. The molecule has 1 aromatic rings. The molecule has 1 aliphatic rings. The number of ether oxygens (including phenoxy) is 6. The average molecular weight is 501 g/mol. The van der Waals surface area contributed by atoms with Crippen molar-refractivity contribution in [3.05, 3.63) is 39.9 Å². The highest BCUT2D eigenvalue weighted by Crippen LogP contribution is 2.30. The van der Waals surface area contributed by atoms with E-state index in [4.69, 9.17) is 33.9 Å². The Hall–Kier alpha value is -3.43. The second-order valence-electron chi connectivity index (χ2n) is 6.67. The van der Waals surface area contributed by atoms with Crippen LogP contribution in [0.15, 0.2) is 24.3 Å².